The van der Waals surface area contributed by atoms with Crippen LogP contribution in [0.5, 0.6) is 17.2 Å². The molecule has 0 atom stereocenters. The van der Waals surface area contributed by atoms with Gasteiger partial charge in [-0.05, 0) is 64.4 Å². The normalized spacial score (nSPS) is 14.5. The van der Waals surface area contributed by atoms with Gasteiger partial charge in [0.1, 0.15) is 23.3 Å². The first-order valence-corrected chi connectivity index (χ1v) is 11.4. The van der Waals surface area contributed by atoms with Crippen LogP contribution < -0.4 is 19.5 Å². The van der Waals surface area contributed by atoms with Crippen LogP contribution in [0.2, 0.25) is 0 Å². The maximum Gasteiger partial charge on any atom is 0.263 e. The van der Waals surface area contributed by atoms with Crippen molar-refractivity contribution >= 4 is 62.9 Å². The highest BCUT2D eigenvalue weighted by Crippen LogP contribution is 2.36. The summed E-state index contributed by atoms with van der Waals surface area (Å²) in [5.74, 6) is 1.87. The van der Waals surface area contributed by atoms with Crippen molar-refractivity contribution < 1.29 is 19.0 Å². The Kier molecular flexibility index (Phi) is 8.17. The van der Waals surface area contributed by atoms with E-state index in [0.717, 1.165) is 26.9 Å². The highest BCUT2D eigenvalue weighted by atomic mass is 127. The molecule has 0 saturated carbocycles. The molecule has 30 heavy (non-hydrogen) atoms. The number of ether oxygens (including phenoxy) is 3. The molecule has 0 aromatic heterocycles. The van der Waals surface area contributed by atoms with Crippen molar-refractivity contribution in [3.63, 3.8) is 0 Å². The number of hydrogen-bond donors (Lipinski definition) is 1. The number of hydrogen-bond acceptors (Lipinski definition) is 6. The first kappa shape index (κ1) is 22.6. The Balaban J connectivity index is 1.66. The van der Waals surface area contributed by atoms with Crippen LogP contribution in [0.4, 0.5) is 0 Å². The Morgan fingerprint density at radius 2 is 1.97 bits per heavy atom. The Hall–Kier alpha value is -2.04. The standard InChI is InChI=1S/C22H20INO4S2/c1-3-6-15-7-4-5-8-17(15)27-9-10-28-20-16(23)11-14(12-18(20)26-2)13-19-21(25)24-22(29)30-19/h3-5,7-8,11-13H,1,6,9-10H2,2H3,(H,24,25,29)/b19-13-. The lowest BCUT2D eigenvalue weighted by atomic mass is 10.1. The largest absolute Gasteiger partial charge is 0.493 e. The lowest BCUT2D eigenvalue weighted by Gasteiger charge is -2.15. The first-order chi connectivity index (χ1) is 14.5. The van der Waals surface area contributed by atoms with E-state index in [1.54, 1.807) is 13.2 Å². The number of thiocarbonyl (C=S) groups is 1. The smallest absolute Gasteiger partial charge is 0.263 e. The van der Waals surface area contributed by atoms with Crippen LogP contribution in [0, 0.1) is 3.57 Å². The van der Waals surface area contributed by atoms with Crippen molar-refractivity contribution in [2.24, 2.45) is 0 Å². The molecule has 2 aromatic rings. The number of methoxy groups -OCH3 is 1. The minimum atomic E-state index is -0.187. The number of carbonyl (C=O) groups excluding carboxylic acids is 1. The quantitative estimate of drug-likeness (QED) is 0.156. The third-order valence-electron chi connectivity index (χ3n) is 4.12. The van der Waals surface area contributed by atoms with Gasteiger partial charge in [0.15, 0.2) is 11.5 Å². The number of nitrogens with one attached hydrogen (secondary N) is 1. The van der Waals surface area contributed by atoms with Gasteiger partial charge in [0.25, 0.3) is 5.91 Å². The summed E-state index contributed by atoms with van der Waals surface area (Å²) in [5.41, 5.74) is 1.92. The highest BCUT2D eigenvalue weighted by molar-refractivity contribution is 14.1. The summed E-state index contributed by atoms with van der Waals surface area (Å²) in [5, 5.41) is 2.61. The maximum absolute atomic E-state index is 11.9. The van der Waals surface area contributed by atoms with Crippen LogP contribution in [0.3, 0.4) is 0 Å². The second-order valence-electron chi connectivity index (χ2n) is 6.18. The van der Waals surface area contributed by atoms with Crippen LogP contribution >= 0.6 is 46.6 Å². The minimum absolute atomic E-state index is 0.187. The molecule has 3 rings (SSSR count). The van der Waals surface area contributed by atoms with Crippen LogP contribution in [0.25, 0.3) is 6.08 Å². The summed E-state index contributed by atoms with van der Waals surface area (Å²) < 4.78 is 18.6. The van der Waals surface area contributed by atoms with Gasteiger partial charge in [0.05, 0.1) is 15.6 Å². The summed E-state index contributed by atoms with van der Waals surface area (Å²) in [6.45, 7) is 4.54. The number of allylic oxidation sites excluding steroid dienone is 1. The molecule has 0 bridgehead atoms. The summed E-state index contributed by atoms with van der Waals surface area (Å²) >= 11 is 8.47. The number of benzene rings is 2. The number of carbonyl (C=O) groups is 1. The van der Waals surface area contributed by atoms with Crippen molar-refractivity contribution in [2.75, 3.05) is 20.3 Å². The molecule has 2 aromatic carbocycles. The van der Waals surface area contributed by atoms with Crippen LogP contribution in [-0.2, 0) is 11.2 Å². The Morgan fingerprint density at radius 1 is 1.20 bits per heavy atom. The molecule has 0 radical (unpaired) electrons. The van der Waals surface area contributed by atoms with Crippen LogP contribution in [0.1, 0.15) is 11.1 Å². The monoisotopic (exact) mass is 553 g/mol. The minimum Gasteiger partial charge on any atom is -0.493 e. The lowest BCUT2D eigenvalue weighted by Crippen LogP contribution is -2.17. The van der Waals surface area contributed by atoms with E-state index in [1.165, 1.54) is 11.8 Å². The second kappa shape index (κ2) is 10.8. The summed E-state index contributed by atoms with van der Waals surface area (Å²) in [6, 6.07) is 11.6. The van der Waals surface area contributed by atoms with Gasteiger partial charge >= 0.3 is 0 Å². The Bertz CT molecular complexity index is 1010. The molecule has 1 saturated heterocycles. The average molecular weight is 553 g/mol. The van der Waals surface area contributed by atoms with E-state index in [9.17, 15) is 4.79 Å². The average Bonchev–Trinajstić information content (AvgIpc) is 3.04. The third-order valence-corrected chi connectivity index (χ3v) is 6.08. The molecule has 1 fully saturated rings. The molecular weight excluding hydrogens is 533 g/mol. The molecule has 0 unspecified atom stereocenters. The Labute approximate surface area is 199 Å². The fourth-order valence-electron chi connectivity index (χ4n) is 2.80. The van der Waals surface area contributed by atoms with Gasteiger partial charge < -0.3 is 19.5 Å². The van der Waals surface area contributed by atoms with Crippen molar-refractivity contribution in [3.05, 3.63) is 68.7 Å². The van der Waals surface area contributed by atoms with Crippen molar-refractivity contribution in [1.82, 2.24) is 5.32 Å². The van der Waals surface area contributed by atoms with E-state index in [1.807, 2.05) is 42.5 Å². The molecule has 0 aliphatic carbocycles. The van der Waals surface area contributed by atoms with Crippen molar-refractivity contribution in [3.8, 4) is 17.2 Å². The third kappa shape index (κ3) is 5.77. The summed E-state index contributed by atoms with van der Waals surface area (Å²) in [4.78, 5) is 12.4. The topological polar surface area (TPSA) is 56.8 Å². The zero-order valence-electron chi connectivity index (χ0n) is 16.3. The van der Waals surface area contributed by atoms with Gasteiger partial charge in [-0.1, -0.05) is 48.3 Å². The first-order valence-electron chi connectivity index (χ1n) is 9.08. The highest BCUT2D eigenvalue weighted by Gasteiger charge is 2.22. The van der Waals surface area contributed by atoms with Gasteiger partial charge in [-0.2, -0.15) is 0 Å². The fourth-order valence-corrected chi connectivity index (χ4v) is 4.63. The van der Waals surface area contributed by atoms with Gasteiger partial charge in [-0.15, -0.1) is 6.58 Å². The van der Waals surface area contributed by atoms with E-state index >= 15 is 0 Å². The van der Waals surface area contributed by atoms with E-state index in [0.29, 0.717) is 33.9 Å². The molecule has 1 aliphatic rings. The van der Waals surface area contributed by atoms with E-state index in [-0.39, 0.29) is 5.91 Å². The van der Waals surface area contributed by atoms with Gasteiger partial charge in [0.2, 0.25) is 0 Å². The summed E-state index contributed by atoms with van der Waals surface area (Å²) in [6.07, 6.45) is 4.39. The molecular formula is C22H20INO4S2. The summed E-state index contributed by atoms with van der Waals surface area (Å²) in [7, 11) is 1.59. The molecule has 1 heterocycles. The molecule has 8 heteroatoms. The SMILES string of the molecule is C=CCc1ccccc1OCCOc1c(I)cc(/C=C2\SC(=S)NC2=O)cc1OC. The molecule has 0 spiro atoms. The number of rotatable bonds is 9. The molecule has 156 valence electrons. The van der Waals surface area contributed by atoms with Crippen molar-refractivity contribution in [1.29, 1.82) is 0 Å². The van der Waals surface area contributed by atoms with Crippen molar-refractivity contribution in [2.45, 2.75) is 6.42 Å². The predicted octanol–water partition coefficient (Wildman–Crippen LogP) is 4.97. The van der Waals surface area contributed by atoms with Crippen LogP contribution in [0.15, 0.2) is 54.0 Å². The Morgan fingerprint density at radius 3 is 2.67 bits per heavy atom. The number of para-hydroxylation sites is 1. The van der Waals surface area contributed by atoms with Gasteiger partial charge in [0, 0.05) is 0 Å². The van der Waals surface area contributed by atoms with Gasteiger partial charge in [-0.3, -0.25) is 4.79 Å². The zero-order chi connectivity index (χ0) is 21.5. The fraction of sp³-hybridized carbons (Fsp3) is 0.182. The maximum atomic E-state index is 11.9. The number of amides is 1. The van der Waals surface area contributed by atoms with E-state index in [2.05, 4.69) is 34.5 Å². The molecule has 1 aliphatic heterocycles. The predicted molar refractivity (Wildman–Crippen MR) is 133 cm³/mol. The number of halogens is 1. The van der Waals surface area contributed by atoms with E-state index in [4.69, 9.17) is 26.4 Å². The van der Waals surface area contributed by atoms with Crippen LogP contribution in [-0.4, -0.2) is 30.6 Å². The molecule has 1 N–H and O–H groups in total. The second-order valence-corrected chi connectivity index (χ2v) is 9.06. The van der Waals surface area contributed by atoms with Gasteiger partial charge in [-0.25, -0.2) is 0 Å². The molecule has 1 amide bonds. The number of thioether (sulfide) groups is 1. The lowest BCUT2D eigenvalue weighted by molar-refractivity contribution is -0.115. The molecule has 5 nitrogen and oxygen atoms in total. The zero-order valence-corrected chi connectivity index (χ0v) is 20.1. The van der Waals surface area contributed by atoms with E-state index < -0.39 is 0 Å².